The Morgan fingerprint density at radius 3 is 2.83 bits per heavy atom. The van der Waals surface area contributed by atoms with Crippen LogP contribution in [0.4, 0.5) is 5.82 Å². The van der Waals surface area contributed by atoms with Gasteiger partial charge in [0, 0.05) is 12.7 Å². The van der Waals surface area contributed by atoms with Gasteiger partial charge in [0.2, 0.25) is 10.0 Å². The number of sulfonamides is 1. The van der Waals surface area contributed by atoms with Crippen molar-refractivity contribution in [2.75, 3.05) is 12.3 Å². The van der Waals surface area contributed by atoms with Gasteiger partial charge in [0.15, 0.2) is 0 Å². The Balaban J connectivity index is 1.96. The van der Waals surface area contributed by atoms with E-state index in [0.717, 1.165) is 5.56 Å². The van der Waals surface area contributed by atoms with Crippen LogP contribution < -0.4 is 10.5 Å². The van der Waals surface area contributed by atoms with Crippen LogP contribution in [0.3, 0.4) is 0 Å². The van der Waals surface area contributed by atoms with Crippen molar-refractivity contribution < 1.29 is 8.42 Å². The van der Waals surface area contributed by atoms with Crippen molar-refractivity contribution in [2.45, 2.75) is 18.4 Å². The highest BCUT2D eigenvalue weighted by atomic mass is 32.2. The third-order valence-electron chi connectivity index (χ3n) is 2.32. The Kier molecular flexibility index (Phi) is 3.34. The maximum Gasteiger partial charge on any atom is 0.245 e. The van der Waals surface area contributed by atoms with E-state index in [0.29, 0.717) is 6.54 Å². The van der Waals surface area contributed by atoms with E-state index in [1.807, 2.05) is 13.1 Å². The van der Waals surface area contributed by atoms with E-state index in [4.69, 9.17) is 5.73 Å². The molecular formula is C9H14N6O2S. The predicted molar refractivity (Wildman–Crippen MR) is 65.2 cm³/mol. The average Bonchev–Trinajstić information content (AvgIpc) is 2.87. The van der Waals surface area contributed by atoms with Gasteiger partial charge in [-0.25, -0.2) is 13.1 Å². The Morgan fingerprint density at radius 1 is 1.50 bits per heavy atom. The van der Waals surface area contributed by atoms with Gasteiger partial charge in [0.05, 0.1) is 18.9 Å². The van der Waals surface area contributed by atoms with Crippen LogP contribution in [0.5, 0.6) is 0 Å². The third-order valence-corrected chi connectivity index (χ3v) is 3.81. The first-order valence-corrected chi connectivity index (χ1v) is 6.75. The lowest BCUT2D eigenvalue weighted by molar-refractivity contribution is 0.561. The zero-order valence-corrected chi connectivity index (χ0v) is 10.6. The van der Waals surface area contributed by atoms with Gasteiger partial charge in [-0.05, 0) is 12.5 Å². The van der Waals surface area contributed by atoms with Gasteiger partial charge in [-0.15, -0.1) is 0 Å². The van der Waals surface area contributed by atoms with E-state index in [9.17, 15) is 8.42 Å². The molecule has 0 saturated heterocycles. The highest BCUT2D eigenvalue weighted by Gasteiger charge is 2.18. The van der Waals surface area contributed by atoms with E-state index in [-0.39, 0.29) is 17.3 Å². The SMILES string of the molecule is Cc1cnn(CCNS(=O)(=O)c2cn[nH]c2N)c1. The molecule has 0 amide bonds. The summed E-state index contributed by atoms with van der Waals surface area (Å²) >= 11 is 0. The van der Waals surface area contributed by atoms with Gasteiger partial charge in [-0.1, -0.05) is 0 Å². The van der Waals surface area contributed by atoms with Gasteiger partial charge in [-0.2, -0.15) is 10.2 Å². The number of nitrogens with one attached hydrogen (secondary N) is 2. The van der Waals surface area contributed by atoms with Crippen molar-refractivity contribution in [3.8, 4) is 0 Å². The number of H-pyrrole nitrogens is 1. The summed E-state index contributed by atoms with van der Waals surface area (Å²) < 4.78 is 27.8. The molecule has 0 aromatic carbocycles. The van der Waals surface area contributed by atoms with Crippen LogP contribution in [-0.4, -0.2) is 34.9 Å². The van der Waals surface area contributed by atoms with Crippen LogP contribution in [-0.2, 0) is 16.6 Å². The molecule has 0 saturated carbocycles. The van der Waals surface area contributed by atoms with E-state index >= 15 is 0 Å². The topological polar surface area (TPSA) is 119 Å². The maximum atomic E-state index is 11.8. The third kappa shape index (κ3) is 2.68. The Bertz CT molecular complexity index is 629. The van der Waals surface area contributed by atoms with Crippen LogP contribution in [0.25, 0.3) is 0 Å². The number of nitrogens with two attached hydrogens (primary N) is 1. The fraction of sp³-hybridized carbons (Fsp3) is 0.333. The number of aryl methyl sites for hydroxylation is 1. The second-order valence-electron chi connectivity index (χ2n) is 3.83. The van der Waals surface area contributed by atoms with Crippen LogP contribution in [0.1, 0.15) is 5.56 Å². The normalized spacial score (nSPS) is 11.8. The number of aromatic nitrogens is 4. The quantitative estimate of drug-likeness (QED) is 0.675. The summed E-state index contributed by atoms with van der Waals surface area (Å²) in [6.45, 7) is 2.60. The molecule has 2 aromatic rings. The first kappa shape index (κ1) is 12.6. The summed E-state index contributed by atoms with van der Waals surface area (Å²) in [5.41, 5.74) is 6.48. The fourth-order valence-electron chi connectivity index (χ4n) is 1.46. The number of hydrogen-bond donors (Lipinski definition) is 3. The average molecular weight is 270 g/mol. The van der Waals surface area contributed by atoms with Crippen molar-refractivity contribution in [3.63, 3.8) is 0 Å². The molecule has 2 rings (SSSR count). The number of rotatable bonds is 5. The first-order valence-electron chi connectivity index (χ1n) is 5.26. The molecule has 0 aliphatic heterocycles. The largest absolute Gasteiger partial charge is 0.383 e. The lowest BCUT2D eigenvalue weighted by Crippen LogP contribution is -2.27. The molecular weight excluding hydrogens is 256 g/mol. The molecule has 0 atom stereocenters. The van der Waals surface area contributed by atoms with Crippen molar-refractivity contribution in [2.24, 2.45) is 0 Å². The molecule has 98 valence electrons. The molecule has 9 heteroatoms. The minimum absolute atomic E-state index is 0.0254. The standard InChI is InChI=1S/C9H14N6O2S/c1-7-4-12-15(6-7)3-2-13-18(16,17)8-5-11-14-9(8)10/h4-6,13H,2-3H2,1H3,(H3,10,11,14). The summed E-state index contributed by atoms with van der Waals surface area (Å²) in [4.78, 5) is -0.0425. The molecule has 0 unspecified atom stereocenters. The molecule has 2 aromatic heterocycles. The molecule has 4 N–H and O–H groups in total. The molecule has 8 nitrogen and oxygen atoms in total. The highest BCUT2D eigenvalue weighted by Crippen LogP contribution is 2.13. The highest BCUT2D eigenvalue weighted by molar-refractivity contribution is 7.89. The molecule has 18 heavy (non-hydrogen) atoms. The Morgan fingerprint density at radius 2 is 2.28 bits per heavy atom. The van der Waals surface area contributed by atoms with E-state index < -0.39 is 10.0 Å². The Labute approximate surface area is 104 Å². The van der Waals surface area contributed by atoms with Crippen LogP contribution in [0.15, 0.2) is 23.5 Å². The van der Waals surface area contributed by atoms with E-state index in [1.165, 1.54) is 6.20 Å². The van der Waals surface area contributed by atoms with Gasteiger partial charge in [-0.3, -0.25) is 9.78 Å². The maximum absolute atomic E-state index is 11.8. The lowest BCUT2D eigenvalue weighted by Gasteiger charge is -2.05. The monoisotopic (exact) mass is 270 g/mol. The van der Waals surface area contributed by atoms with Crippen LogP contribution in [0.2, 0.25) is 0 Å². The number of hydrogen-bond acceptors (Lipinski definition) is 5. The zero-order chi connectivity index (χ0) is 13.2. The van der Waals surface area contributed by atoms with Gasteiger partial charge >= 0.3 is 0 Å². The van der Waals surface area contributed by atoms with Gasteiger partial charge in [0.1, 0.15) is 10.7 Å². The second-order valence-corrected chi connectivity index (χ2v) is 5.56. The number of anilines is 1. The minimum atomic E-state index is -3.62. The zero-order valence-electron chi connectivity index (χ0n) is 9.79. The van der Waals surface area contributed by atoms with Gasteiger partial charge in [0.25, 0.3) is 0 Å². The summed E-state index contributed by atoms with van der Waals surface area (Å²) in [5, 5.41) is 10.0. The molecule has 0 bridgehead atoms. The van der Waals surface area contributed by atoms with E-state index in [2.05, 4.69) is 20.0 Å². The number of nitrogens with zero attached hydrogens (tertiary/aromatic N) is 3. The predicted octanol–water partition coefficient (Wildman–Crippen LogP) is -0.525. The van der Waals surface area contributed by atoms with Gasteiger partial charge < -0.3 is 5.73 Å². The van der Waals surface area contributed by atoms with Crippen LogP contribution in [0, 0.1) is 6.92 Å². The summed E-state index contributed by atoms with van der Waals surface area (Å²) in [5.74, 6) is 0.0254. The fourth-order valence-corrected chi connectivity index (χ4v) is 2.50. The van der Waals surface area contributed by atoms with E-state index in [1.54, 1.807) is 10.9 Å². The van der Waals surface area contributed by atoms with Crippen molar-refractivity contribution in [1.82, 2.24) is 24.7 Å². The lowest BCUT2D eigenvalue weighted by atomic mass is 10.4. The molecule has 0 aliphatic rings. The smallest absolute Gasteiger partial charge is 0.245 e. The van der Waals surface area contributed by atoms with Crippen molar-refractivity contribution in [1.29, 1.82) is 0 Å². The van der Waals surface area contributed by atoms with Crippen molar-refractivity contribution in [3.05, 3.63) is 24.2 Å². The molecule has 2 heterocycles. The molecule has 0 spiro atoms. The number of nitrogen functional groups attached to an aromatic ring is 1. The summed E-state index contributed by atoms with van der Waals surface area (Å²) in [6, 6.07) is 0. The number of aromatic amines is 1. The minimum Gasteiger partial charge on any atom is -0.383 e. The molecule has 0 aliphatic carbocycles. The summed E-state index contributed by atoms with van der Waals surface area (Å²) in [6.07, 6.45) is 4.72. The van der Waals surface area contributed by atoms with Crippen LogP contribution >= 0.6 is 0 Å². The first-order chi connectivity index (χ1) is 8.49. The molecule has 0 radical (unpaired) electrons. The summed E-state index contributed by atoms with van der Waals surface area (Å²) in [7, 11) is -3.62. The second kappa shape index (κ2) is 4.78. The molecule has 0 fully saturated rings. The van der Waals surface area contributed by atoms with Crippen molar-refractivity contribution >= 4 is 15.8 Å². The Hall–Kier alpha value is -1.87.